The van der Waals surface area contributed by atoms with Gasteiger partial charge in [-0.25, -0.2) is 15.0 Å². The van der Waals surface area contributed by atoms with Crippen LogP contribution in [0.2, 0.25) is 0 Å². The van der Waals surface area contributed by atoms with E-state index in [0.29, 0.717) is 11.4 Å². The van der Waals surface area contributed by atoms with Gasteiger partial charge in [-0.1, -0.05) is 0 Å². The molecule has 4 aromatic rings. The summed E-state index contributed by atoms with van der Waals surface area (Å²) >= 11 is 1.58. The van der Waals surface area contributed by atoms with Gasteiger partial charge in [0.1, 0.15) is 40.6 Å². The molecule has 0 N–H and O–H groups in total. The fraction of sp³-hybridized carbons (Fsp3) is 0.263. The highest BCUT2D eigenvalue weighted by molar-refractivity contribution is 7.26. The Morgan fingerprint density at radius 1 is 1.18 bits per heavy atom. The van der Waals surface area contributed by atoms with E-state index in [0.717, 1.165) is 50.6 Å². The van der Waals surface area contributed by atoms with Gasteiger partial charge in [0, 0.05) is 5.39 Å². The lowest BCUT2D eigenvalue weighted by Gasteiger charge is -2.39. The molecular formula is C19H15N7OS. The molecule has 0 aliphatic carbocycles. The van der Waals surface area contributed by atoms with Crippen molar-refractivity contribution in [2.24, 2.45) is 0 Å². The summed E-state index contributed by atoms with van der Waals surface area (Å²) in [5.74, 6) is 1.57. The first-order chi connectivity index (χ1) is 13.6. The van der Waals surface area contributed by atoms with Gasteiger partial charge in [0.2, 0.25) is 0 Å². The zero-order chi connectivity index (χ0) is 19.3. The molecule has 0 aromatic carbocycles. The van der Waals surface area contributed by atoms with Crippen molar-refractivity contribution in [1.29, 1.82) is 5.26 Å². The molecule has 0 atom stereocenters. The van der Waals surface area contributed by atoms with E-state index in [1.807, 2.05) is 13.0 Å². The lowest BCUT2D eigenvalue weighted by molar-refractivity contribution is 0.166. The summed E-state index contributed by atoms with van der Waals surface area (Å²) in [5, 5.41) is 18.5. The van der Waals surface area contributed by atoms with Gasteiger partial charge in [-0.05, 0) is 31.5 Å². The minimum Gasteiger partial charge on any atom is -0.485 e. The molecule has 0 bridgehead atoms. The second kappa shape index (κ2) is 6.35. The summed E-state index contributed by atoms with van der Waals surface area (Å²) in [6, 6.07) is 5.43. The zero-order valence-electron chi connectivity index (χ0n) is 15.2. The van der Waals surface area contributed by atoms with Gasteiger partial charge in [0.15, 0.2) is 0 Å². The maximum Gasteiger partial charge on any atom is 0.150 e. The van der Waals surface area contributed by atoms with Crippen molar-refractivity contribution >= 4 is 37.6 Å². The summed E-state index contributed by atoms with van der Waals surface area (Å²) in [6.07, 6.45) is 3.25. The minimum atomic E-state index is 0.0536. The summed E-state index contributed by atoms with van der Waals surface area (Å²) in [4.78, 5) is 16.1. The van der Waals surface area contributed by atoms with Gasteiger partial charge in [0.25, 0.3) is 0 Å². The first-order valence-electron chi connectivity index (χ1n) is 8.79. The number of ether oxygens (including phenoxy) is 1. The highest BCUT2D eigenvalue weighted by atomic mass is 32.1. The Bertz CT molecular complexity index is 1240. The molecule has 1 fully saturated rings. The number of thiophene rings is 1. The van der Waals surface area contributed by atoms with Crippen LogP contribution in [-0.2, 0) is 0 Å². The average molecular weight is 389 g/mol. The van der Waals surface area contributed by atoms with E-state index in [-0.39, 0.29) is 6.10 Å². The maximum atomic E-state index is 8.82. The number of nitrogens with zero attached hydrogens (tertiary/aromatic N) is 7. The molecular weight excluding hydrogens is 374 g/mol. The number of aromatic nitrogens is 5. The van der Waals surface area contributed by atoms with E-state index in [9.17, 15) is 0 Å². The molecule has 4 aromatic heterocycles. The molecule has 0 radical (unpaired) electrons. The highest BCUT2D eigenvalue weighted by Crippen LogP contribution is 2.39. The van der Waals surface area contributed by atoms with Crippen molar-refractivity contribution in [3.63, 3.8) is 0 Å². The van der Waals surface area contributed by atoms with Crippen LogP contribution in [0.5, 0.6) is 5.75 Å². The van der Waals surface area contributed by atoms with Crippen molar-refractivity contribution in [3.05, 3.63) is 41.6 Å². The number of nitriles is 1. The first kappa shape index (κ1) is 16.8. The SMILES string of the molecule is Cc1nnc2sc3c(N4CC(Oc5ccc(C#N)nc5)C4)ncnc3c2c1C. The predicted molar refractivity (Wildman–Crippen MR) is 106 cm³/mol. The molecule has 8 nitrogen and oxygen atoms in total. The zero-order valence-corrected chi connectivity index (χ0v) is 16.1. The second-order valence-electron chi connectivity index (χ2n) is 6.70. The molecule has 0 amide bonds. The van der Waals surface area contributed by atoms with Gasteiger partial charge < -0.3 is 9.64 Å². The Balaban J connectivity index is 1.40. The van der Waals surface area contributed by atoms with Crippen LogP contribution in [0.3, 0.4) is 0 Å². The summed E-state index contributed by atoms with van der Waals surface area (Å²) < 4.78 is 6.96. The fourth-order valence-electron chi connectivity index (χ4n) is 3.29. The van der Waals surface area contributed by atoms with Crippen molar-refractivity contribution in [3.8, 4) is 11.8 Å². The third-order valence-electron chi connectivity index (χ3n) is 4.94. The molecule has 28 heavy (non-hydrogen) atoms. The summed E-state index contributed by atoms with van der Waals surface area (Å²) in [6.45, 7) is 5.47. The highest BCUT2D eigenvalue weighted by Gasteiger charge is 2.32. The number of hydrogen-bond donors (Lipinski definition) is 0. The number of pyridine rings is 1. The van der Waals surface area contributed by atoms with Crippen molar-refractivity contribution < 1.29 is 4.74 Å². The van der Waals surface area contributed by atoms with Gasteiger partial charge in [-0.2, -0.15) is 10.4 Å². The van der Waals surface area contributed by atoms with Crippen LogP contribution in [0.25, 0.3) is 20.4 Å². The van der Waals surface area contributed by atoms with E-state index >= 15 is 0 Å². The van der Waals surface area contributed by atoms with Crippen molar-refractivity contribution in [2.75, 3.05) is 18.0 Å². The Morgan fingerprint density at radius 2 is 2.04 bits per heavy atom. The fourth-order valence-corrected chi connectivity index (χ4v) is 4.44. The number of fused-ring (bicyclic) bond motifs is 3. The van der Waals surface area contributed by atoms with E-state index in [1.165, 1.54) is 0 Å². The molecule has 0 spiro atoms. The standard InChI is InChI=1S/C19H15N7OS/c1-10-11(2)24-25-19-15(10)16-17(28-19)18(23-9-22-16)26-7-14(8-26)27-13-4-3-12(5-20)21-6-13/h3-4,6,9,14H,7-8H2,1-2H3. The molecule has 0 unspecified atom stereocenters. The quantitative estimate of drug-likeness (QED) is 0.527. The van der Waals surface area contributed by atoms with E-state index in [1.54, 1.807) is 36.0 Å². The third kappa shape index (κ3) is 2.61. The predicted octanol–water partition coefficient (Wildman–Crippen LogP) is 2.79. The van der Waals surface area contributed by atoms with Crippen LogP contribution in [-0.4, -0.2) is 44.3 Å². The lowest BCUT2D eigenvalue weighted by Crippen LogP contribution is -2.54. The normalized spacial score (nSPS) is 14.2. The van der Waals surface area contributed by atoms with Crippen molar-refractivity contribution in [2.45, 2.75) is 20.0 Å². The number of aryl methyl sites for hydroxylation is 2. The van der Waals surface area contributed by atoms with Crippen LogP contribution in [0.1, 0.15) is 17.0 Å². The van der Waals surface area contributed by atoms with Crippen LogP contribution in [0.15, 0.2) is 24.7 Å². The molecule has 9 heteroatoms. The molecule has 5 heterocycles. The molecule has 5 rings (SSSR count). The van der Waals surface area contributed by atoms with Gasteiger partial charge in [-0.15, -0.1) is 16.4 Å². The van der Waals surface area contributed by atoms with E-state index in [2.05, 4.69) is 37.0 Å². The first-order valence-corrected chi connectivity index (χ1v) is 9.60. The third-order valence-corrected chi connectivity index (χ3v) is 6.00. The monoisotopic (exact) mass is 389 g/mol. The van der Waals surface area contributed by atoms with Crippen LogP contribution in [0, 0.1) is 25.2 Å². The number of rotatable bonds is 3. The van der Waals surface area contributed by atoms with Gasteiger partial charge in [-0.3, -0.25) is 0 Å². The Morgan fingerprint density at radius 3 is 2.79 bits per heavy atom. The van der Waals surface area contributed by atoms with Gasteiger partial charge in [0.05, 0.1) is 35.2 Å². The number of anilines is 1. The lowest BCUT2D eigenvalue weighted by atomic mass is 10.1. The Labute approximate surface area is 164 Å². The van der Waals surface area contributed by atoms with Crippen LogP contribution in [0.4, 0.5) is 5.82 Å². The molecule has 1 aliphatic heterocycles. The Hall–Kier alpha value is -3.38. The topological polar surface area (TPSA) is 101 Å². The van der Waals surface area contributed by atoms with Crippen molar-refractivity contribution in [1.82, 2.24) is 25.1 Å². The molecule has 1 aliphatic rings. The van der Waals surface area contributed by atoms with E-state index < -0.39 is 0 Å². The average Bonchev–Trinajstić information content (AvgIpc) is 3.07. The largest absolute Gasteiger partial charge is 0.485 e. The Kier molecular flexibility index (Phi) is 3.80. The van der Waals surface area contributed by atoms with Crippen LogP contribution < -0.4 is 9.64 Å². The molecule has 0 saturated carbocycles. The van der Waals surface area contributed by atoms with E-state index in [4.69, 9.17) is 10.00 Å². The van der Waals surface area contributed by atoms with Gasteiger partial charge >= 0.3 is 0 Å². The summed E-state index contributed by atoms with van der Waals surface area (Å²) in [7, 11) is 0. The smallest absolute Gasteiger partial charge is 0.150 e. The molecule has 1 saturated heterocycles. The molecule has 138 valence electrons. The minimum absolute atomic E-state index is 0.0536. The number of hydrogen-bond acceptors (Lipinski definition) is 9. The van der Waals surface area contributed by atoms with Crippen LogP contribution >= 0.6 is 11.3 Å². The summed E-state index contributed by atoms with van der Waals surface area (Å²) in [5.41, 5.74) is 3.34. The maximum absolute atomic E-state index is 8.82. The second-order valence-corrected chi connectivity index (χ2v) is 7.70.